The summed E-state index contributed by atoms with van der Waals surface area (Å²) in [5.74, 6) is 0.501. The number of nitrogens with two attached hydrogens (primary N) is 2. The van der Waals surface area contributed by atoms with Crippen molar-refractivity contribution < 1.29 is 0 Å². The maximum absolute atomic E-state index is 6.87. The van der Waals surface area contributed by atoms with E-state index in [4.69, 9.17) is 16.9 Å². The van der Waals surface area contributed by atoms with Gasteiger partial charge >= 0.3 is 0 Å². The van der Waals surface area contributed by atoms with Crippen LogP contribution in [0, 0.1) is 5.41 Å². The van der Waals surface area contributed by atoms with Crippen molar-refractivity contribution >= 4 is 34.8 Å². The first-order valence-electron chi connectivity index (χ1n) is 4.16. The molecule has 2 aromatic heterocycles. The van der Waals surface area contributed by atoms with E-state index in [1.165, 1.54) is 0 Å². The van der Waals surface area contributed by atoms with Crippen LogP contribution in [0.5, 0.6) is 0 Å². The van der Waals surface area contributed by atoms with Gasteiger partial charge in [0.15, 0.2) is 0 Å². The van der Waals surface area contributed by atoms with E-state index in [0.29, 0.717) is 11.5 Å². The van der Waals surface area contributed by atoms with Crippen LogP contribution < -0.4 is 11.5 Å². The summed E-state index contributed by atoms with van der Waals surface area (Å²) in [5, 5.41) is 7.61. The second-order valence-electron chi connectivity index (χ2n) is 2.83. The Labute approximate surface area is 84.8 Å². The first kappa shape index (κ1) is 9.13. The highest BCUT2D eigenvalue weighted by atomic mass is 15.1. The Kier molecular flexibility index (Phi) is 2.05. The fourth-order valence-corrected chi connectivity index (χ4v) is 1.15. The van der Waals surface area contributed by atoms with Gasteiger partial charge in [-0.15, -0.1) is 0 Å². The molecule has 0 saturated carbocycles. The summed E-state index contributed by atoms with van der Waals surface area (Å²) in [5.41, 5.74) is 11.6. The van der Waals surface area contributed by atoms with Gasteiger partial charge < -0.3 is 21.9 Å². The topological polar surface area (TPSA) is 130 Å². The molecule has 0 bridgehead atoms. The minimum atomic E-state index is 0.0281. The lowest BCUT2D eigenvalue weighted by Gasteiger charge is -1.97. The van der Waals surface area contributed by atoms with Crippen molar-refractivity contribution in [1.82, 2.24) is 15.0 Å². The molecule has 2 rings (SSSR count). The maximum atomic E-state index is 6.87. The summed E-state index contributed by atoms with van der Waals surface area (Å²) in [4.78, 5) is 14.7. The number of aliphatic imine (C=N–C) groups is 1. The minimum absolute atomic E-state index is 0.0281. The van der Waals surface area contributed by atoms with Crippen molar-refractivity contribution in [3.8, 4) is 0 Å². The summed E-state index contributed by atoms with van der Waals surface area (Å²) >= 11 is 0. The Morgan fingerprint density at radius 3 is 3.07 bits per heavy atom. The molecule has 0 aromatic carbocycles. The lowest BCUT2D eigenvalue weighted by Crippen LogP contribution is -2.12. The van der Waals surface area contributed by atoms with Crippen molar-refractivity contribution in [2.75, 3.05) is 5.73 Å². The molecular formula is C8H9N7. The lowest BCUT2D eigenvalue weighted by atomic mass is 10.4. The summed E-state index contributed by atoms with van der Waals surface area (Å²) in [6, 6.07) is 1.78. The first-order valence-corrected chi connectivity index (χ1v) is 4.16. The van der Waals surface area contributed by atoms with E-state index in [1.807, 2.05) is 0 Å². The highest BCUT2D eigenvalue weighted by molar-refractivity contribution is 6.27. The maximum Gasteiger partial charge on any atom is 0.255 e. The van der Waals surface area contributed by atoms with E-state index in [2.05, 4.69) is 19.9 Å². The van der Waals surface area contributed by atoms with Crippen molar-refractivity contribution in [1.29, 1.82) is 5.41 Å². The number of nitrogens with zero attached hydrogens (tertiary/aromatic N) is 3. The molecule has 6 N–H and O–H groups in total. The standard InChI is InChI=1S/C8H9N7/c9-3-5(10)13-8-14-6(11)4-1-2-12-7(4)15-8/h1-3,9H,(H5,10,11,12,13,14,15). The van der Waals surface area contributed by atoms with Gasteiger partial charge in [0.05, 0.1) is 11.6 Å². The zero-order valence-corrected chi connectivity index (χ0v) is 7.73. The number of nitrogens with one attached hydrogen (secondary N) is 2. The molecule has 0 spiro atoms. The van der Waals surface area contributed by atoms with E-state index < -0.39 is 0 Å². The van der Waals surface area contributed by atoms with Gasteiger partial charge in [-0.2, -0.15) is 15.0 Å². The zero-order chi connectivity index (χ0) is 10.8. The number of hydrogen-bond donors (Lipinski definition) is 4. The van der Waals surface area contributed by atoms with Crippen molar-refractivity contribution in [3.63, 3.8) is 0 Å². The predicted molar refractivity (Wildman–Crippen MR) is 58.4 cm³/mol. The molecule has 0 unspecified atom stereocenters. The lowest BCUT2D eigenvalue weighted by molar-refractivity contribution is 1.17. The van der Waals surface area contributed by atoms with Gasteiger partial charge in [0.2, 0.25) is 0 Å². The number of nitrogen functional groups attached to an aromatic ring is 1. The fourth-order valence-electron chi connectivity index (χ4n) is 1.15. The smallest absolute Gasteiger partial charge is 0.255 e. The van der Waals surface area contributed by atoms with Gasteiger partial charge in [-0.05, 0) is 6.07 Å². The molecule has 76 valence electrons. The average molecular weight is 203 g/mol. The summed E-state index contributed by atoms with van der Waals surface area (Å²) in [7, 11) is 0. The molecular weight excluding hydrogens is 194 g/mol. The normalized spacial score (nSPS) is 11.9. The van der Waals surface area contributed by atoms with Crippen molar-refractivity contribution in [3.05, 3.63) is 12.3 Å². The highest BCUT2D eigenvalue weighted by Crippen LogP contribution is 2.18. The molecule has 7 heteroatoms. The third-order valence-electron chi connectivity index (χ3n) is 1.81. The van der Waals surface area contributed by atoms with Crippen LogP contribution >= 0.6 is 0 Å². The van der Waals surface area contributed by atoms with Gasteiger partial charge in [0, 0.05) is 6.20 Å². The predicted octanol–water partition coefficient (Wildman–Crippen LogP) is 0.178. The number of hydrogen-bond acceptors (Lipinski definition) is 5. The van der Waals surface area contributed by atoms with Crippen LogP contribution in [0.1, 0.15) is 0 Å². The number of anilines is 1. The number of H-pyrrole nitrogens is 1. The van der Waals surface area contributed by atoms with Gasteiger partial charge in [0.25, 0.3) is 5.95 Å². The second-order valence-corrected chi connectivity index (χ2v) is 2.83. The Morgan fingerprint density at radius 2 is 2.33 bits per heavy atom. The van der Waals surface area contributed by atoms with Crippen LogP contribution in [0.15, 0.2) is 17.3 Å². The van der Waals surface area contributed by atoms with Gasteiger partial charge in [-0.1, -0.05) is 0 Å². The highest BCUT2D eigenvalue weighted by Gasteiger charge is 2.04. The third-order valence-corrected chi connectivity index (χ3v) is 1.81. The number of aromatic nitrogens is 3. The molecule has 15 heavy (non-hydrogen) atoms. The fraction of sp³-hybridized carbons (Fsp3) is 0. The second kappa shape index (κ2) is 3.37. The number of aromatic amines is 1. The van der Waals surface area contributed by atoms with Crippen LogP contribution in [-0.4, -0.2) is 27.0 Å². The quantitative estimate of drug-likeness (QED) is 0.409. The molecule has 0 fully saturated rings. The Hall–Kier alpha value is -2.44. The Morgan fingerprint density at radius 1 is 1.53 bits per heavy atom. The van der Waals surface area contributed by atoms with Crippen LogP contribution in [-0.2, 0) is 0 Å². The van der Waals surface area contributed by atoms with Crippen molar-refractivity contribution in [2.24, 2.45) is 10.7 Å². The summed E-state index contributed by atoms with van der Waals surface area (Å²) < 4.78 is 0. The number of amidine groups is 1. The minimum Gasteiger partial charge on any atom is -0.383 e. The zero-order valence-electron chi connectivity index (χ0n) is 7.73. The molecule has 0 saturated heterocycles. The van der Waals surface area contributed by atoms with Gasteiger partial charge in [-0.25, -0.2) is 0 Å². The Bertz CT molecular complexity index is 539. The molecule has 2 heterocycles. The molecule has 2 aromatic rings. The summed E-state index contributed by atoms with van der Waals surface area (Å²) in [6.45, 7) is 0. The largest absolute Gasteiger partial charge is 0.383 e. The van der Waals surface area contributed by atoms with E-state index in [0.717, 1.165) is 11.6 Å². The van der Waals surface area contributed by atoms with Crippen LogP contribution in [0.2, 0.25) is 0 Å². The van der Waals surface area contributed by atoms with Gasteiger partial charge in [-0.3, -0.25) is 0 Å². The van der Waals surface area contributed by atoms with E-state index in [9.17, 15) is 0 Å². The van der Waals surface area contributed by atoms with Gasteiger partial charge in [0.1, 0.15) is 17.3 Å². The number of fused-ring (bicyclic) bond motifs is 1. The number of rotatable bonds is 2. The van der Waals surface area contributed by atoms with Crippen molar-refractivity contribution in [2.45, 2.75) is 0 Å². The third kappa shape index (κ3) is 1.62. The Balaban J connectivity index is 2.58. The molecule has 7 nitrogen and oxygen atoms in total. The molecule has 0 aliphatic rings. The molecule has 0 aliphatic heterocycles. The molecule has 0 amide bonds. The summed E-state index contributed by atoms with van der Waals surface area (Å²) in [6.07, 6.45) is 2.63. The van der Waals surface area contributed by atoms with E-state index in [-0.39, 0.29) is 11.8 Å². The average Bonchev–Trinajstić information content (AvgIpc) is 2.66. The molecule has 0 radical (unpaired) electrons. The van der Waals surface area contributed by atoms with E-state index >= 15 is 0 Å². The van der Waals surface area contributed by atoms with Crippen LogP contribution in [0.4, 0.5) is 11.8 Å². The van der Waals surface area contributed by atoms with Crippen LogP contribution in [0.3, 0.4) is 0 Å². The molecule has 0 aliphatic carbocycles. The van der Waals surface area contributed by atoms with E-state index in [1.54, 1.807) is 12.3 Å². The first-order chi connectivity index (χ1) is 7.20. The molecule has 0 atom stereocenters. The van der Waals surface area contributed by atoms with Crippen LogP contribution in [0.25, 0.3) is 11.0 Å². The monoisotopic (exact) mass is 203 g/mol. The SMILES string of the molecule is N=CC(N)=Nc1nc(N)c2cc[nH]c2n1.